The fourth-order valence-corrected chi connectivity index (χ4v) is 4.33. The Balaban J connectivity index is 2.12. The molecule has 1 atom stereocenters. The van der Waals surface area contributed by atoms with Gasteiger partial charge in [-0.3, -0.25) is 4.90 Å². The molecule has 0 spiro atoms. The highest BCUT2D eigenvalue weighted by Crippen LogP contribution is 2.38. The number of benzene rings is 2. The topological polar surface area (TPSA) is 61.4 Å². The molecule has 0 aliphatic rings. The summed E-state index contributed by atoms with van der Waals surface area (Å²) in [5.74, 6) is 3.42. The summed E-state index contributed by atoms with van der Waals surface area (Å²) in [5.41, 5.74) is 3.68. The van der Waals surface area contributed by atoms with Crippen molar-refractivity contribution < 1.29 is 23.7 Å². The average Bonchev–Trinajstić information content (AvgIpc) is 2.89. The number of allylic oxidation sites excluding steroid dienone is 1. The van der Waals surface area contributed by atoms with E-state index in [1.807, 2.05) is 18.2 Å². The Hall–Kier alpha value is -2.90. The summed E-state index contributed by atoms with van der Waals surface area (Å²) < 4.78 is 27.3. The molecule has 36 heavy (non-hydrogen) atoms. The lowest BCUT2D eigenvalue weighted by atomic mass is 10.1. The molecule has 0 bridgehead atoms. The predicted octanol–water partition coefficient (Wildman–Crippen LogP) is 5.46. The number of methoxy groups -OCH3 is 5. The maximum absolute atomic E-state index is 5.52. The van der Waals surface area contributed by atoms with Gasteiger partial charge in [0.15, 0.2) is 23.0 Å². The quantitative estimate of drug-likeness (QED) is 0.243. The van der Waals surface area contributed by atoms with E-state index in [0.29, 0.717) is 29.8 Å². The number of nitrogens with zero attached hydrogens (tertiary/aromatic N) is 1. The van der Waals surface area contributed by atoms with Crippen LogP contribution in [-0.4, -0.2) is 59.6 Å². The molecule has 2 rings (SSSR count). The monoisotopic (exact) mass is 500 g/mol. The summed E-state index contributed by atoms with van der Waals surface area (Å²) in [6, 6.07) is 10.4. The van der Waals surface area contributed by atoms with Crippen LogP contribution in [-0.2, 0) is 13.1 Å². The molecule has 7 heteroatoms. The zero-order chi connectivity index (χ0) is 26.5. The second kappa shape index (κ2) is 15.3. The molecule has 0 saturated heterocycles. The first-order valence-electron chi connectivity index (χ1n) is 12.5. The largest absolute Gasteiger partial charge is 0.493 e. The Morgan fingerprint density at radius 1 is 0.861 bits per heavy atom. The van der Waals surface area contributed by atoms with E-state index >= 15 is 0 Å². The lowest BCUT2D eigenvalue weighted by Crippen LogP contribution is -2.37. The summed E-state index contributed by atoms with van der Waals surface area (Å²) in [6.45, 7) is 9.92. The maximum atomic E-state index is 5.52. The van der Waals surface area contributed by atoms with Gasteiger partial charge in [0.05, 0.1) is 35.5 Å². The number of hydrogen-bond acceptors (Lipinski definition) is 7. The summed E-state index contributed by atoms with van der Waals surface area (Å²) >= 11 is 0. The Kier molecular flexibility index (Phi) is 12.4. The number of rotatable bonds is 16. The summed E-state index contributed by atoms with van der Waals surface area (Å²) in [7, 11) is 8.22. The van der Waals surface area contributed by atoms with Crippen molar-refractivity contribution in [3.05, 3.63) is 53.1 Å². The lowest BCUT2D eigenvalue weighted by molar-refractivity contribution is 0.231. The van der Waals surface area contributed by atoms with Crippen LogP contribution >= 0.6 is 0 Å². The Labute approximate surface area is 217 Å². The molecule has 0 aromatic heterocycles. The first-order chi connectivity index (χ1) is 17.4. The van der Waals surface area contributed by atoms with E-state index in [1.165, 1.54) is 11.1 Å². The van der Waals surface area contributed by atoms with Gasteiger partial charge in [0.1, 0.15) is 0 Å². The fraction of sp³-hybridized carbons (Fsp3) is 0.517. The van der Waals surface area contributed by atoms with E-state index < -0.39 is 0 Å². The number of ether oxygens (including phenoxy) is 5. The van der Waals surface area contributed by atoms with Gasteiger partial charge in [-0.15, -0.1) is 0 Å². The van der Waals surface area contributed by atoms with Crippen LogP contribution in [0.3, 0.4) is 0 Å². The molecule has 2 aromatic rings. The van der Waals surface area contributed by atoms with Gasteiger partial charge in [0, 0.05) is 32.2 Å². The maximum Gasteiger partial charge on any atom is 0.203 e. The molecule has 1 N–H and O–H groups in total. The molecule has 1 unspecified atom stereocenters. The predicted molar refractivity (Wildman–Crippen MR) is 146 cm³/mol. The molecule has 0 amide bonds. The third-order valence-electron chi connectivity index (χ3n) is 6.21. The third kappa shape index (κ3) is 8.35. The first-order valence-corrected chi connectivity index (χ1v) is 12.5. The van der Waals surface area contributed by atoms with Gasteiger partial charge in [-0.25, -0.2) is 0 Å². The molecular formula is C29H44N2O5. The minimum Gasteiger partial charge on any atom is -0.493 e. The van der Waals surface area contributed by atoms with Crippen LogP contribution in [0.25, 0.3) is 0 Å². The molecule has 0 radical (unpaired) electrons. The first kappa shape index (κ1) is 29.3. The lowest BCUT2D eigenvalue weighted by Gasteiger charge is -2.28. The summed E-state index contributed by atoms with van der Waals surface area (Å²) in [5, 5.41) is 3.57. The van der Waals surface area contributed by atoms with Crippen molar-refractivity contribution in [1.29, 1.82) is 0 Å². The highest BCUT2D eigenvalue weighted by Gasteiger charge is 2.16. The SMILES string of the molecule is CCC/C(C)=C/C(C)N(CCNCc1cc(OC)c(OC)c(OC)c1)Cc1ccc(OC)c(OC)c1. The van der Waals surface area contributed by atoms with E-state index in [1.54, 1.807) is 35.5 Å². The smallest absolute Gasteiger partial charge is 0.203 e. The number of hydrogen-bond donors (Lipinski definition) is 1. The average molecular weight is 501 g/mol. The van der Waals surface area contributed by atoms with Gasteiger partial charge in [0.25, 0.3) is 0 Å². The minimum absolute atomic E-state index is 0.299. The van der Waals surface area contributed by atoms with Crippen LogP contribution in [0.5, 0.6) is 28.7 Å². The molecule has 0 heterocycles. The van der Waals surface area contributed by atoms with Crippen LogP contribution in [0.4, 0.5) is 0 Å². The Morgan fingerprint density at radius 2 is 1.47 bits per heavy atom. The van der Waals surface area contributed by atoms with Crippen LogP contribution in [0.1, 0.15) is 44.7 Å². The van der Waals surface area contributed by atoms with Gasteiger partial charge < -0.3 is 29.0 Å². The van der Waals surface area contributed by atoms with Crippen molar-refractivity contribution in [1.82, 2.24) is 10.2 Å². The normalized spacial score (nSPS) is 12.4. The Bertz CT molecular complexity index is 951. The third-order valence-corrected chi connectivity index (χ3v) is 6.21. The fourth-order valence-electron chi connectivity index (χ4n) is 4.33. The van der Waals surface area contributed by atoms with Gasteiger partial charge in [-0.05, 0) is 55.7 Å². The number of nitrogens with one attached hydrogen (secondary N) is 1. The van der Waals surface area contributed by atoms with Crippen molar-refractivity contribution in [2.24, 2.45) is 0 Å². The molecule has 7 nitrogen and oxygen atoms in total. The summed E-state index contributed by atoms with van der Waals surface area (Å²) in [4.78, 5) is 2.47. The van der Waals surface area contributed by atoms with E-state index in [4.69, 9.17) is 23.7 Å². The van der Waals surface area contributed by atoms with Crippen LogP contribution in [0.2, 0.25) is 0 Å². The van der Waals surface area contributed by atoms with Crippen LogP contribution < -0.4 is 29.0 Å². The second-order valence-electron chi connectivity index (χ2n) is 8.87. The van der Waals surface area contributed by atoms with Crippen molar-refractivity contribution in [2.45, 2.75) is 52.7 Å². The molecule has 200 valence electrons. The second-order valence-corrected chi connectivity index (χ2v) is 8.87. The minimum atomic E-state index is 0.299. The highest BCUT2D eigenvalue weighted by molar-refractivity contribution is 5.53. The van der Waals surface area contributed by atoms with E-state index in [2.05, 4.69) is 49.2 Å². The van der Waals surface area contributed by atoms with Crippen molar-refractivity contribution in [3.8, 4) is 28.7 Å². The summed E-state index contributed by atoms with van der Waals surface area (Å²) in [6.07, 6.45) is 4.65. The zero-order valence-electron chi connectivity index (χ0n) is 23.3. The van der Waals surface area contributed by atoms with Crippen LogP contribution in [0, 0.1) is 0 Å². The van der Waals surface area contributed by atoms with Crippen molar-refractivity contribution >= 4 is 0 Å². The van der Waals surface area contributed by atoms with Gasteiger partial charge in [-0.1, -0.05) is 31.1 Å². The molecule has 0 fully saturated rings. The van der Waals surface area contributed by atoms with E-state index in [9.17, 15) is 0 Å². The van der Waals surface area contributed by atoms with Gasteiger partial charge in [-0.2, -0.15) is 0 Å². The standard InChI is InChI=1S/C29H44N2O5/c1-9-10-21(2)15-22(3)31(20-23-11-12-25(32-4)26(16-23)33-5)14-13-30-19-24-17-27(34-6)29(36-8)28(18-24)35-7/h11-12,15-18,22,30H,9-10,13-14,19-20H2,1-8H3/b21-15+. The molecule has 0 aliphatic carbocycles. The molecule has 2 aromatic carbocycles. The Morgan fingerprint density at radius 3 is 2.03 bits per heavy atom. The molecule has 0 aliphatic heterocycles. The van der Waals surface area contributed by atoms with Crippen molar-refractivity contribution in [2.75, 3.05) is 48.6 Å². The highest BCUT2D eigenvalue weighted by atomic mass is 16.5. The zero-order valence-corrected chi connectivity index (χ0v) is 23.3. The van der Waals surface area contributed by atoms with E-state index in [-0.39, 0.29) is 0 Å². The molecular weight excluding hydrogens is 456 g/mol. The van der Waals surface area contributed by atoms with Gasteiger partial charge in [0.2, 0.25) is 5.75 Å². The van der Waals surface area contributed by atoms with Gasteiger partial charge >= 0.3 is 0 Å². The molecule has 0 saturated carbocycles. The van der Waals surface area contributed by atoms with Crippen LogP contribution in [0.15, 0.2) is 42.0 Å². The van der Waals surface area contributed by atoms with E-state index in [0.717, 1.165) is 49.5 Å². The van der Waals surface area contributed by atoms with Crippen molar-refractivity contribution in [3.63, 3.8) is 0 Å².